The summed E-state index contributed by atoms with van der Waals surface area (Å²) in [4.78, 5) is 0. The second-order valence-electron chi connectivity index (χ2n) is 3.04. The lowest BCUT2D eigenvalue weighted by atomic mass is 10.2. The van der Waals surface area contributed by atoms with Gasteiger partial charge in [0.25, 0.3) is 0 Å². The maximum atomic E-state index is 12.9. The molecule has 0 bridgehead atoms. The van der Waals surface area contributed by atoms with Crippen LogP contribution < -0.4 is 4.74 Å². The van der Waals surface area contributed by atoms with E-state index in [1.54, 1.807) is 18.2 Å². The van der Waals surface area contributed by atoms with Crippen molar-refractivity contribution in [3.63, 3.8) is 0 Å². The van der Waals surface area contributed by atoms with Crippen molar-refractivity contribution in [3.8, 4) is 5.75 Å². The largest absolute Gasteiger partial charge is 0.493 e. The molecule has 1 aromatic rings. The van der Waals surface area contributed by atoms with Crippen LogP contribution in [0.5, 0.6) is 5.75 Å². The zero-order valence-corrected chi connectivity index (χ0v) is 8.93. The van der Waals surface area contributed by atoms with Crippen molar-refractivity contribution in [1.82, 2.24) is 0 Å². The van der Waals surface area contributed by atoms with E-state index in [4.69, 9.17) is 16.3 Å². The van der Waals surface area contributed by atoms with Gasteiger partial charge in [-0.3, -0.25) is 0 Å². The number of ether oxygens (including phenoxy) is 1. The van der Waals surface area contributed by atoms with Gasteiger partial charge < -0.3 is 4.74 Å². The van der Waals surface area contributed by atoms with Crippen LogP contribution in [-0.4, -0.2) is 6.61 Å². The van der Waals surface area contributed by atoms with Crippen LogP contribution in [0.15, 0.2) is 24.3 Å². The third-order valence-electron chi connectivity index (χ3n) is 1.91. The Morgan fingerprint density at radius 2 is 2.14 bits per heavy atom. The quantitative estimate of drug-likeness (QED) is 0.533. The number of hydrogen-bond donors (Lipinski definition) is 0. The van der Waals surface area contributed by atoms with Gasteiger partial charge in [0.2, 0.25) is 5.63 Å². The Hall–Kier alpha value is -0.760. The summed E-state index contributed by atoms with van der Waals surface area (Å²) in [7, 11) is 0. The summed E-state index contributed by atoms with van der Waals surface area (Å²) in [6.45, 7) is 2.69. The summed E-state index contributed by atoms with van der Waals surface area (Å²) >= 11 is 5.37. The van der Waals surface area contributed by atoms with Crippen molar-refractivity contribution in [2.24, 2.45) is 0 Å². The van der Waals surface area contributed by atoms with Gasteiger partial charge in [0.15, 0.2) is 0 Å². The molecule has 0 N–H and O–H groups in total. The van der Waals surface area contributed by atoms with Gasteiger partial charge in [-0.05, 0) is 12.5 Å². The normalized spacial score (nSPS) is 12.5. The van der Waals surface area contributed by atoms with Gasteiger partial charge in [0.05, 0.1) is 6.61 Å². The molecule has 1 atom stereocenters. The summed E-state index contributed by atoms with van der Waals surface area (Å²) in [6, 6.07) is 6.93. The van der Waals surface area contributed by atoms with E-state index >= 15 is 0 Å². The molecule has 0 radical (unpaired) electrons. The van der Waals surface area contributed by atoms with Crippen molar-refractivity contribution in [1.29, 1.82) is 0 Å². The van der Waals surface area contributed by atoms with Crippen molar-refractivity contribution >= 4 is 11.6 Å². The Kier molecular flexibility index (Phi) is 4.74. The Balaban J connectivity index is 2.64. The van der Waals surface area contributed by atoms with Gasteiger partial charge in [0, 0.05) is 5.56 Å². The maximum absolute atomic E-state index is 12.9. The highest BCUT2D eigenvalue weighted by Gasteiger charge is 2.10. The standard InChI is InChI=1S/C11H14ClFO/c1-2-3-8-14-10-7-5-4-6-9(10)11(12)13/h4-7,11H,2-3,8H2,1H3. The van der Waals surface area contributed by atoms with Crippen molar-refractivity contribution in [2.45, 2.75) is 25.4 Å². The molecule has 1 aromatic carbocycles. The number of unbranched alkanes of at least 4 members (excludes halogenated alkanes) is 1. The second-order valence-corrected chi connectivity index (χ2v) is 3.42. The van der Waals surface area contributed by atoms with Gasteiger partial charge in [0.1, 0.15) is 5.75 Å². The summed E-state index contributed by atoms with van der Waals surface area (Å²) in [5, 5.41) is 0. The van der Waals surface area contributed by atoms with E-state index < -0.39 is 5.63 Å². The molecule has 0 saturated carbocycles. The molecular formula is C11H14ClFO. The predicted molar refractivity (Wildman–Crippen MR) is 56.5 cm³/mol. The first-order valence-electron chi connectivity index (χ1n) is 4.75. The third-order valence-corrected chi connectivity index (χ3v) is 2.14. The van der Waals surface area contributed by atoms with Crippen LogP contribution in [0.3, 0.4) is 0 Å². The van der Waals surface area contributed by atoms with E-state index in [0.717, 1.165) is 12.8 Å². The van der Waals surface area contributed by atoms with Crippen LogP contribution in [0.2, 0.25) is 0 Å². The highest BCUT2D eigenvalue weighted by atomic mass is 35.5. The van der Waals surface area contributed by atoms with Crippen LogP contribution in [0.4, 0.5) is 4.39 Å². The summed E-state index contributed by atoms with van der Waals surface area (Å²) < 4.78 is 18.3. The predicted octanol–water partition coefficient (Wildman–Crippen LogP) is 4.07. The first kappa shape index (κ1) is 11.3. The zero-order valence-electron chi connectivity index (χ0n) is 8.17. The molecule has 0 aliphatic carbocycles. The minimum absolute atomic E-state index is 0.408. The summed E-state index contributed by atoms with van der Waals surface area (Å²) in [6.07, 6.45) is 2.02. The molecule has 3 heteroatoms. The average molecular weight is 217 g/mol. The number of alkyl halides is 2. The molecule has 0 aromatic heterocycles. The zero-order chi connectivity index (χ0) is 10.4. The lowest BCUT2D eigenvalue weighted by molar-refractivity contribution is 0.300. The van der Waals surface area contributed by atoms with Crippen LogP contribution in [0, 0.1) is 0 Å². The Labute approximate surface area is 88.8 Å². The Morgan fingerprint density at radius 3 is 2.79 bits per heavy atom. The summed E-state index contributed by atoms with van der Waals surface area (Å²) in [5.74, 6) is 0.545. The highest BCUT2D eigenvalue weighted by Crippen LogP contribution is 2.30. The molecule has 1 unspecified atom stereocenters. The van der Waals surface area contributed by atoms with E-state index in [-0.39, 0.29) is 0 Å². The minimum atomic E-state index is -1.49. The molecule has 0 aliphatic heterocycles. The first-order valence-corrected chi connectivity index (χ1v) is 5.19. The second kappa shape index (κ2) is 5.86. The lowest BCUT2D eigenvalue weighted by Crippen LogP contribution is -1.99. The van der Waals surface area contributed by atoms with Crippen molar-refractivity contribution < 1.29 is 9.13 Å². The number of rotatable bonds is 5. The molecule has 14 heavy (non-hydrogen) atoms. The van der Waals surface area contributed by atoms with Crippen LogP contribution in [0.1, 0.15) is 31.0 Å². The Bertz CT molecular complexity index is 276. The molecular weight excluding hydrogens is 203 g/mol. The SMILES string of the molecule is CCCCOc1ccccc1C(F)Cl. The van der Waals surface area contributed by atoms with Gasteiger partial charge >= 0.3 is 0 Å². The van der Waals surface area contributed by atoms with Crippen LogP contribution >= 0.6 is 11.6 Å². The molecule has 0 aliphatic rings. The number of hydrogen-bond acceptors (Lipinski definition) is 1. The smallest absolute Gasteiger partial charge is 0.202 e. The highest BCUT2D eigenvalue weighted by molar-refractivity contribution is 6.20. The topological polar surface area (TPSA) is 9.23 Å². The first-order chi connectivity index (χ1) is 6.75. The van der Waals surface area contributed by atoms with Crippen LogP contribution in [0.25, 0.3) is 0 Å². The maximum Gasteiger partial charge on any atom is 0.202 e. The molecule has 1 rings (SSSR count). The van der Waals surface area contributed by atoms with Gasteiger partial charge in [-0.2, -0.15) is 0 Å². The van der Waals surface area contributed by atoms with E-state index in [1.807, 2.05) is 6.07 Å². The van der Waals surface area contributed by atoms with E-state index in [1.165, 1.54) is 0 Å². The third kappa shape index (κ3) is 3.18. The molecule has 0 heterocycles. The minimum Gasteiger partial charge on any atom is -0.493 e. The number of halogens is 2. The lowest BCUT2D eigenvalue weighted by Gasteiger charge is -2.10. The summed E-state index contributed by atoms with van der Waals surface area (Å²) in [5.41, 5.74) is -1.09. The van der Waals surface area contributed by atoms with Gasteiger partial charge in [-0.15, -0.1) is 0 Å². The van der Waals surface area contributed by atoms with E-state index in [2.05, 4.69) is 6.92 Å². The average Bonchev–Trinajstić information content (AvgIpc) is 2.19. The van der Waals surface area contributed by atoms with Gasteiger partial charge in [-0.25, -0.2) is 4.39 Å². The molecule has 1 nitrogen and oxygen atoms in total. The van der Waals surface area contributed by atoms with E-state index in [0.29, 0.717) is 17.9 Å². The van der Waals surface area contributed by atoms with Crippen molar-refractivity contribution in [2.75, 3.05) is 6.61 Å². The fourth-order valence-electron chi connectivity index (χ4n) is 1.12. The molecule has 0 amide bonds. The molecule has 0 saturated heterocycles. The van der Waals surface area contributed by atoms with Gasteiger partial charge in [-0.1, -0.05) is 43.1 Å². The van der Waals surface area contributed by atoms with Crippen molar-refractivity contribution in [3.05, 3.63) is 29.8 Å². The number of benzene rings is 1. The fraction of sp³-hybridized carbons (Fsp3) is 0.455. The fourth-order valence-corrected chi connectivity index (χ4v) is 1.30. The number of para-hydroxylation sites is 1. The van der Waals surface area contributed by atoms with E-state index in [9.17, 15) is 4.39 Å². The molecule has 78 valence electrons. The monoisotopic (exact) mass is 216 g/mol. The Morgan fingerprint density at radius 1 is 1.43 bits per heavy atom. The molecule has 0 spiro atoms. The molecule has 0 fully saturated rings. The van der Waals surface area contributed by atoms with Crippen LogP contribution in [-0.2, 0) is 0 Å².